The van der Waals surface area contributed by atoms with Crippen LogP contribution in [-0.4, -0.2) is 16.9 Å². The number of amides is 2. The summed E-state index contributed by atoms with van der Waals surface area (Å²) >= 11 is 0. The van der Waals surface area contributed by atoms with E-state index in [1.807, 2.05) is 0 Å². The molecular weight excluding hydrogens is 208 g/mol. The minimum atomic E-state index is -1.39. The van der Waals surface area contributed by atoms with Crippen LogP contribution in [0.25, 0.3) is 0 Å². The number of nitrogens with one attached hydrogen (secondary N) is 2. The van der Waals surface area contributed by atoms with Crippen LogP contribution in [0.1, 0.15) is 24.2 Å². The largest absolute Gasteiger partial charge is 0.378 e. The molecule has 1 unspecified atom stereocenters. The summed E-state index contributed by atoms with van der Waals surface area (Å²) in [5, 5.41) is 11.9. The average molecular weight is 221 g/mol. The van der Waals surface area contributed by atoms with E-state index in [1.54, 1.807) is 24.3 Å². The van der Waals surface area contributed by atoms with E-state index in [1.165, 1.54) is 6.92 Å². The molecule has 0 spiro atoms. The van der Waals surface area contributed by atoms with Crippen molar-refractivity contribution in [2.24, 2.45) is 0 Å². The van der Waals surface area contributed by atoms with Crippen LogP contribution in [0.5, 0.6) is 0 Å². The Kier molecular flexibility index (Phi) is 4.02. The van der Waals surface area contributed by atoms with Crippen molar-refractivity contribution < 1.29 is 14.7 Å². The molecule has 0 bridgehead atoms. The summed E-state index contributed by atoms with van der Waals surface area (Å²) in [5.41, 5.74) is 8.01. The van der Waals surface area contributed by atoms with Gasteiger partial charge in [0, 0.05) is 13.5 Å². The van der Waals surface area contributed by atoms with Crippen molar-refractivity contribution in [2.75, 3.05) is 0 Å². The minimum Gasteiger partial charge on any atom is -0.378 e. The standard InChI is InChI=1S/C11H13N2O3/c1-7(14)13-6-8-2-4-9(5-3-8)10(15)11(12)16/h2-5,10,12,15H,6H2,1H3,(H,13,14). The third-order valence-electron chi connectivity index (χ3n) is 2.09. The fourth-order valence-electron chi connectivity index (χ4n) is 1.20. The fraction of sp³-hybridized carbons (Fsp3) is 0.273. The Morgan fingerprint density at radius 2 is 1.94 bits per heavy atom. The van der Waals surface area contributed by atoms with Gasteiger partial charge in [0.15, 0.2) is 6.10 Å². The molecule has 0 aliphatic rings. The van der Waals surface area contributed by atoms with Crippen molar-refractivity contribution in [1.82, 2.24) is 11.1 Å². The van der Waals surface area contributed by atoms with Crippen LogP contribution in [0.4, 0.5) is 0 Å². The number of carbonyl (C=O) groups excluding carboxylic acids is 2. The quantitative estimate of drug-likeness (QED) is 0.759. The van der Waals surface area contributed by atoms with Crippen molar-refractivity contribution in [3.8, 4) is 0 Å². The highest BCUT2D eigenvalue weighted by atomic mass is 16.3. The van der Waals surface area contributed by atoms with Crippen molar-refractivity contribution in [3.05, 3.63) is 35.4 Å². The van der Waals surface area contributed by atoms with E-state index in [-0.39, 0.29) is 5.91 Å². The molecular formula is C11H13N2O3. The second-order valence-electron chi connectivity index (χ2n) is 3.42. The topological polar surface area (TPSA) is 90.2 Å². The first-order valence-corrected chi connectivity index (χ1v) is 4.77. The van der Waals surface area contributed by atoms with Gasteiger partial charge in [0.05, 0.1) is 0 Å². The van der Waals surface area contributed by atoms with Crippen LogP contribution in [0.15, 0.2) is 24.3 Å². The molecule has 1 atom stereocenters. The molecule has 85 valence electrons. The molecule has 5 nitrogen and oxygen atoms in total. The predicted octanol–water partition coefficient (Wildman–Crippen LogP) is 0.166. The molecule has 0 aliphatic carbocycles. The first kappa shape index (κ1) is 12.2. The molecule has 0 heterocycles. The maximum Gasteiger partial charge on any atom is 0.271 e. The van der Waals surface area contributed by atoms with E-state index in [4.69, 9.17) is 5.73 Å². The molecule has 2 amide bonds. The average Bonchev–Trinajstić information content (AvgIpc) is 2.26. The normalized spacial score (nSPS) is 11.9. The number of aliphatic hydroxyl groups excluding tert-OH is 1. The van der Waals surface area contributed by atoms with Crippen LogP contribution in [0.3, 0.4) is 0 Å². The van der Waals surface area contributed by atoms with Crippen LogP contribution in [0.2, 0.25) is 0 Å². The van der Waals surface area contributed by atoms with Crippen molar-refractivity contribution in [2.45, 2.75) is 19.6 Å². The molecule has 16 heavy (non-hydrogen) atoms. The Morgan fingerprint density at radius 1 is 1.38 bits per heavy atom. The van der Waals surface area contributed by atoms with Crippen LogP contribution < -0.4 is 11.1 Å². The van der Waals surface area contributed by atoms with Gasteiger partial charge in [0.25, 0.3) is 5.91 Å². The second-order valence-corrected chi connectivity index (χ2v) is 3.42. The maximum absolute atomic E-state index is 10.7. The summed E-state index contributed by atoms with van der Waals surface area (Å²) in [7, 11) is 0. The molecule has 5 heteroatoms. The van der Waals surface area contributed by atoms with Gasteiger partial charge >= 0.3 is 0 Å². The number of aliphatic hydroxyl groups is 1. The third kappa shape index (κ3) is 3.36. The fourth-order valence-corrected chi connectivity index (χ4v) is 1.20. The zero-order chi connectivity index (χ0) is 12.1. The number of hydrogen-bond donors (Lipinski definition) is 2. The molecule has 1 aromatic rings. The molecule has 0 fully saturated rings. The second kappa shape index (κ2) is 5.27. The van der Waals surface area contributed by atoms with Crippen molar-refractivity contribution >= 4 is 11.8 Å². The lowest BCUT2D eigenvalue weighted by molar-refractivity contribution is -0.127. The lowest BCUT2D eigenvalue weighted by Gasteiger charge is -2.07. The zero-order valence-electron chi connectivity index (χ0n) is 8.86. The maximum atomic E-state index is 10.7. The summed E-state index contributed by atoms with van der Waals surface area (Å²) in [5.74, 6) is -1.15. The number of rotatable bonds is 4. The molecule has 1 radical (unpaired) electrons. The highest BCUT2D eigenvalue weighted by Crippen LogP contribution is 2.13. The monoisotopic (exact) mass is 221 g/mol. The van der Waals surface area contributed by atoms with Gasteiger partial charge < -0.3 is 10.4 Å². The van der Waals surface area contributed by atoms with Crippen LogP contribution in [-0.2, 0) is 16.1 Å². The van der Waals surface area contributed by atoms with Gasteiger partial charge in [-0.2, -0.15) is 0 Å². The third-order valence-corrected chi connectivity index (χ3v) is 2.09. The summed E-state index contributed by atoms with van der Waals surface area (Å²) in [4.78, 5) is 21.3. The number of carbonyl (C=O) groups is 2. The SMILES string of the molecule is CC(=O)NCc1ccc(C(O)C([NH])=O)cc1. The van der Waals surface area contributed by atoms with Gasteiger partial charge in [-0.25, -0.2) is 0 Å². The van der Waals surface area contributed by atoms with Crippen molar-refractivity contribution in [1.29, 1.82) is 0 Å². The Morgan fingerprint density at radius 3 is 2.38 bits per heavy atom. The smallest absolute Gasteiger partial charge is 0.271 e. The highest BCUT2D eigenvalue weighted by molar-refractivity contribution is 5.79. The number of benzene rings is 1. The Balaban J connectivity index is 2.67. The van der Waals surface area contributed by atoms with Gasteiger partial charge in [0.2, 0.25) is 5.91 Å². The molecule has 0 saturated carbocycles. The molecule has 0 aromatic heterocycles. The van der Waals surface area contributed by atoms with Gasteiger partial charge in [-0.3, -0.25) is 15.3 Å². The van der Waals surface area contributed by atoms with E-state index < -0.39 is 12.0 Å². The summed E-state index contributed by atoms with van der Waals surface area (Å²) in [6.45, 7) is 1.83. The first-order valence-electron chi connectivity index (χ1n) is 4.77. The zero-order valence-corrected chi connectivity index (χ0v) is 8.86. The summed E-state index contributed by atoms with van der Waals surface area (Å²) < 4.78 is 0. The van der Waals surface area contributed by atoms with Crippen molar-refractivity contribution in [3.63, 3.8) is 0 Å². The number of hydrogen-bond acceptors (Lipinski definition) is 3. The molecule has 1 aromatic carbocycles. The van der Waals surface area contributed by atoms with Gasteiger partial charge in [0.1, 0.15) is 0 Å². The lowest BCUT2D eigenvalue weighted by Crippen LogP contribution is -2.19. The lowest BCUT2D eigenvalue weighted by atomic mass is 10.1. The van der Waals surface area contributed by atoms with E-state index in [0.717, 1.165) is 5.56 Å². The van der Waals surface area contributed by atoms with Gasteiger partial charge in [-0.15, -0.1) is 0 Å². The molecule has 0 aliphatic heterocycles. The first-order chi connectivity index (χ1) is 7.50. The molecule has 0 saturated heterocycles. The van der Waals surface area contributed by atoms with E-state index in [0.29, 0.717) is 12.1 Å². The summed E-state index contributed by atoms with van der Waals surface area (Å²) in [6, 6.07) is 6.51. The highest BCUT2D eigenvalue weighted by Gasteiger charge is 2.13. The van der Waals surface area contributed by atoms with E-state index in [9.17, 15) is 14.7 Å². The Bertz CT molecular complexity index is 387. The minimum absolute atomic E-state index is 0.120. The van der Waals surface area contributed by atoms with Crippen LogP contribution >= 0.6 is 0 Å². The van der Waals surface area contributed by atoms with E-state index >= 15 is 0 Å². The molecule has 3 N–H and O–H groups in total. The summed E-state index contributed by atoms with van der Waals surface area (Å²) in [6.07, 6.45) is -1.39. The van der Waals surface area contributed by atoms with Gasteiger partial charge in [-0.05, 0) is 11.1 Å². The Hall–Kier alpha value is -1.88. The van der Waals surface area contributed by atoms with Gasteiger partial charge in [-0.1, -0.05) is 24.3 Å². The predicted molar refractivity (Wildman–Crippen MR) is 57.0 cm³/mol. The van der Waals surface area contributed by atoms with E-state index in [2.05, 4.69) is 5.32 Å². The molecule has 1 rings (SSSR count). The van der Waals surface area contributed by atoms with Crippen LogP contribution in [0, 0.1) is 0 Å². The Labute approximate surface area is 93.3 Å².